The number of aromatic nitrogens is 3. The van der Waals surface area contributed by atoms with Gasteiger partial charge in [-0.2, -0.15) is 5.10 Å². The van der Waals surface area contributed by atoms with Gasteiger partial charge in [-0.1, -0.05) is 11.6 Å². The third kappa shape index (κ3) is 2.40. The number of hydrogen-bond donors (Lipinski definition) is 3. The molecule has 0 saturated heterocycles. The molecule has 0 spiro atoms. The van der Waals surface area contributed by atoms with Crippen LogP contribution in [0.3, 0.4) is 0 Å². The fourth-order valence-corrected chi connectivity index (χ4v) is 4.66. The largest absolute Gasteiger partial charge is 0.385 e. The minimum atomic E-state index is -0.930. The van der Waals surface area contributed by atoms with Gasteiger partial charge in [0.1, 0.15) is 0 Å². The van der Waals surface area contributed by atoms with Crippen LogP contribution in [-0.2, 0) is 5.60 Å². The van der Waals surface area contributed by atoms with Gasteiger partial charge in [-0.05, 0) is 54.5 Å². The molecule has 2 aromatic heterocycles. The van der Waals surface area contributed by atoms with Crippen LogP contribution in [0.2, 0.25) is 5.02 Å². The van der Waals surface area contributed by atoms with Crippen LogP contribution < -0.4 is 5.32 Å². The van der Waals surface area contributed by atoms with Crippen molar-refractivity contribution in [1.29, 1.82) is 0 Å². The first kappa shape index (κ1) is 15.8. The fourth-order valence-electron chi connectivity index (χ4n) is 4.44. The normalized spacial score (nSPS) is 29.5. The standard InChI is InChI=1S/C19H17ClN4O2/c20-11-5-15(14-9-22-24-16(14)6-11)19(26)7-12-13(8-19)17(12)23-18(25)10-1-3-21-4-2-10/h1-6,9,12-13,17,26H,7-8H2,(H,22,24)(H,23,25). The zero-order valence-corrected chi connectivity index (χ0v) is 14.6. The molecule has 2 aliphatic rings. The van der Waals surface area contributed by atoms with Crippen molar-refractivity contribution in [2.75, 3.05) is 0 Å². The van der Waals surface area contributed by atoms with Gasteiger partial charge < -0.3 is 10.4 Å². The number of nitrogens with one attached hydrogen (secondary N) is 2. The minimum Gasteiger partial charge on any atom is -0.385 e. The Bertz CT molecular complexity index is 991. The number of hydrogen-bond acceptors (Lipinski definition) is 4. The van der Waals surface area contributed by atoms with Gasteiger partial charge in [0, 0.05) is 34.4 Å². The summed E-state index contributed by atoms with van der Waals surface area (Å²) in [6, 6.07) is 7.16. The summed E-state index contributed by atoms with van der Waals surface area (Å²) in [5.74, 6) is 0.480. The van der Waals surface area contributed by atoms with E-state index in [1.807, 2.05) is 12.1 Å². The number of aliphatic hydroxyl groups is 1. The van der Waals surface area contributed by atoms with Crippen LogP contribution in [-0.4, -0.2) is 32.2 Å². The number of carbonyl (C=O) groups excluding carboxylic acids is 1. The van der Waals surface area contributed by atoms with E-state index in [-0.39, 0.29) is 23.8 Å². The third-order valence-electron chi connectivity index (χ3n) is 5.74. The van der Waals surface area contributed by atoms with Gasteiger partial charge in [0.05, 0.1) is 17.3 Å². The van der Waals surface area contributed by atoms with E-state index in [4.69, 9.17) is 11.6 Å². The number of rotatable bonds is 3. The second-order valence-corrected chi connectivity index (χ2v) is 7.72. The average molecular weight is 369 g/mol. The molecule has 2 aliphatic carbocycles. The Hall–Kier alpha value is -2.44. The lowest BCUT2D eigenvalue weighted by Crippen LogP contribution is -2.33. The molecule has 0 aliphatic heterocycles. The summed E-state index contributed by atoms with van der Waals surface area (Å²) >= 11 is 6.21. The number of carbonyl (C=O) groups is 1. The molecule has 1 amide bonds. The van der Waals surface area contributed by atoms with Crippen molar-refractivity contribution in [2.24, 2.45) is 11.8 Å². The summed E-state index contributed by atoms with van der Waals surface area (Å²) in [7, 11) is 0. The first-order valence-corrected chi connectivity index (χ1v) is 8.99. The van der Waals surface area contributed by atoms with E-state index in [1.165, 1.54) is 0 Å². The number of benzene rings is 1. The lowest BCUT2D eigenvalue weighted by atomic mass is 9.86. The van der Waals surface area contributed by atoms with Gasteiger partial charge in [-0.15, -0.1) is 0 Å². The second kappa shape index (κ2) is 5.53. The number of aromatic amines is 1. The zero-order chi connectivity index (χ0) is 17.9. The number of amides is 1. The van der Waals surface area contributed by atoms with E-state index in [1.54, 1.807) is 30.7 Å². The van der Waals surface area contributed by atoms with Gasteiger partial charge in [-0.3, -0.25) is 14.9 Å². The summed E-state index contributed by atoms with van der Waals surface area (Å²) in [4.78, 5) is 16.2. The molecule has 26 heavy (non-hydrogen) atoms. The molecule has 3 N–H and O–H groups in total. The van der Waals surface area contributed by atoms with Crippen molar-refractivity contribution < 1.29 is 9.90 Å². The molecule has 0 bridgehead atoms. The van der Waals surface area contributed by atoms with Crippen LogP contribution in [0.4, 0.5) is 0 Å². The van der Waals surface area contributed by atoms with Crippen molar-refractivity contribution in [2.45, 2.75) is 24.5 Å². The van der Waals surface area contributed by atoms with Crippen molar-refractivity contribution in [3.63, 3.8) is 0 Å². The predicted molar refractivity (Wildman–Crippen MR) is 96.7 cm³/mol. The first-order valence-electron chi connectivity index (χ1n) is 8.61. The van der Waals surface area contributed by atoms with Crippen LogP contribution in [0.25, 0.3) is 10.9 Å². The van der Waals surface area contributed by atoms with Gasteiger partial charge in [0.2, 0.25) is 0 Å². The molecule has 5 rings (SSSR count). The molecule has 2 saturated carbocycles. The maximum absolute atomic E-state index is 12.3. The minimum absolute atomic E-state index is 0.0877. The Balaban J connectivity index is 1.34. The Morgan fingerprint density at radius 3 is 2.73 bits per heavy atom. The van der Waals surface area contributed by atoms with Crippen molar-refractivity contribution in [3.05, 3.63) is 59.0 Å². The molecule has 132 valence electrons. The number of pyridine rings is 1. The number of H-pyrrole nitrogens is 1. The van der Waals surface area contributed by atoms with Gasteiger partial charge >= 0.3 is 0 Å². The maximum Gasteiger partial charge on any atom is 0.251 e. The summed E-state index contributed by atoms with van der Waals surface area (Å²) in [5, 5.41) is 22.8. The van der Waals surface area contributed by atoms with Crippen LogP contribution in [0.1, 0.15) is 28.8 Å². The first-order chi connectivity index (χ1) is 12.5. The Morgan fingerprint density at radius 1 is 1.27 bits per heavy atom. The van der Waals surface area contributed by atoms with E-state index in [2.05, 4.69) is 20.5 Å². The number of nitrogens with zero attached hydrogens (tertiary/aromatic N) is 2. The zero-order valence-electron chi connectivity index (χ0n) is 13.8. The van der Waals surface area contributed by atoms with E-state index in [0.717, 1.165) is 16.5 Å². The molecular weight excluding hydrogens is 352 g/mol. The van der Waals surface area contributed by atoms with E-state index < -0.39 is 5.60 Å². The molecule has 0 radical (unpaired) electrons. The highest BCUT2D eigenvalue weighted by molar-refractivity contribution is 6.31. The molecule has 6 nitrogen and oxygen atoms in total. The Morgan fingerprint density at radius 2 is 2.00 bits per heavy atom. The van der Waals surface area contributed by atoms with Gasteiger partial charge in [0.25, 0.3) is 5.91 Å². The Kier molecular flexibility index (Phi) is 3.36. The van der Waals surface area contributed by atoms with Gasteiger partial charge in [-0.25, -0.2) is 0 Å². The molecule has 7 heteroatoms. The quantitative estimate of drug-likeness (QED) is 0.662. The molecule has 3 aromatic rings. The predicted octanol–water partition coefficient (Wildman–Crippen LogP) is 2.64. The van der Waals surface area contributed by atoms with Crippen LogP contribution in [0.15, 0.2) is 42.9 Å². The highest BCUT2D eigenvalue weighted by atomic mass is 35.5. The molecule has 2 atom stereocenters. The molecule has 2 unspecified atom stereocenters. The summed E-state index contributed by atoms with van der Waals surface area (Å²) < 4.78 is 0. The van der Waals surface area contributed by atoms with Crippen molar-refractivity contribution >= 4 is 28.4 Å². The van der Waals surface area contributed by atoms with E-state index in [0.29, 0.717) is 23.4 Å². The van der Waals surface area contributed by atoms with E-state index >= 15 is 0 Å². The van der Waals surface area contributed by atoms with Crippen LogP contribution in [0, 0.1) is 11.8 Å². The summed E-state index contributed by atoms with van der Waals surface area (Å²) in [6.07, 6.45) is 6.16. The van der Waals surface area contributed by atoms with E-state index in [9.17, 15) is 9.90 Å². The fraction of sp³-hybridized carbons (Fsp3) is 0.316. The summed E-state index contributed by atoms with van der Waals surface area (Å²) in [5.41, 5.74) is 1.32. The number of halogens is 1. The second-order valence-electron chi connectivity index (χ2n) is 7.29. The smallest absolute Gasteiger partial charge is 0.251 e. The van der Waals surface area contributed by atoms with Gasteiger partial charge in [0.15, 0.2) is 0 Å². The van der Waals surface area contributed by atoms with Crippen molar-refractivity contribution in [1.82, 2.24) is 20.5 Å². The lowest BCUT2D eigenvalue weighted by Gasteiger charge is -2.27. The SMILES string of the molecule is O=C(NC1C2CC(O)(c3cc(Cl)cc4[nH]ncc34)CC21)c1ccncc1. The van der Waals surface area contributed by atoms with Crippen LogP contribution in [0.5, 0.6) is 0 Å². The molecule has 1 aromatic carbocycles. The average Bonchev–Trinajstić information content (AvgIpc) is 3.01. The van der Waals surface area contributed by atoms with Crippen LogP contribution >= 0.6 is 11.6 Å². The lowest BCUT2D eigenvalue weighted by molar-refractivity contribution is 0.0293. The van der Waals surface area contributed by atoms with Crippen molar-refractivity contribution in [3.8, 4) is 0 Å². The molecular formula is C19H17ClN4O2. The number of fused-ring (bicyclic) bond motifs is 2. The molecule has 2 fully saturated rings. The summed E-state index contributed by atoms with van der Waals surface area (Å²) in [6.45, 7) is 0. The monoisotopic (exact) mass is 368 g/mol. The highest BCUT2D eigenvalue weighted by Crippen LogP contribution is 2.60. The molecule has 2 heterocycles. The third-order valence-corrected chi connectivity index (χ3v) is 5.96. The Labute approximate surface area is 154 Å². The topological polar surface area (TPSA) is 90.9 Å². The maximum atomic E-state index is 12.3. The highest BCUT2D eigenvalue weighted by Gasteiger charge is 2.62.